The minimum Gasteiger partial charge on any atom is -0.456 e. The average Bonchev–Trinajstić information content (AvgIpc) is 3.31. The first kappa shape index (κ1) is 11.6. The van der Waals surface area contributed by atoms with Crippen LogP contribution in [-0.4, -0.2) is 6.04 Å². The van der Waals surface area contributed by atoms with E-state index in [9.17, 15) is 0 Å². The molecule has 4 fully saturated rings. The molecule has 4 saturated carbocycles. The minimum absolute atomic E-state index is 0.722. The fourth-order valence-electron chi connectivity index (χ4n) is 5.78. The van der Waals surface area contributed by atoms with Gasteiger partial charge in [0.15, 0.2) is 0 Å². The molecule has 1 heterocycles. The molecule has 0 amide bonds. The molecule has 1 aromatic heterocycles. The molecule has 22 heavy (non-hydrogen) atoms. The Bertz CT molecular complexity index is 879. The second kappa shape index (κ2) is 3.87. The normalized spacial score (nSPS) is 35.2. The number of rotatable bonds is 2. The van der Waals surface area contributed by atoms with Crippen molar-refractivity contribution < 1.29 is 4.42 Å². The Balaban J connectivity index is 1.41. The lowest BCUT2D eigenvalue weighted by molar-refractivity contribution is 0.418. The smallest absolute Gasteiger partial charge is 0.135 e. The zero-order valence-electron chi connectivity index (χ0n) is 12.5. The Hall–Kier alpha value is -1.96. The number of benzene rings is 2. The van der Waals surface area contributed by atoms with Crippen LogP contribution in [0, 0.1) is 23.7 Å². The molecule has 2 nitrogen and oxygen atoms in total. The van der Waals surface area contributed by atoms with Gasteiger partial charge in [-0.25, -0.2) is 0 Å². The van der Waals surface area contributed by atoms with E-state index in [0.29, 0.717) is 0 Å². The minimum atomic E-state index is 0.722. The summed E-state index contributed by atoms with van der Waals surface area (Å²) in [4.78, 5) is 0. The van der Waals surface area contributed by atoms with Crippen LogP contribution in [0.1, 0.15) is 19.3 Å². The van der Waals surface area contributed by atoms with Gasteiger partial charge in [-0.15, -0.1) is 0 Å². The molecule has 4 atom stereocenters. The summed E-state index contributed by atoms with van der Waals surface area (Å²) in [6.45, 7) is 0. The molecule has 0 saturated heterocycles. The van der Waals surface area contributed by atoms with Crippen molar-refractivity contribution in [3.63, 3.8) is 0 Å². The van der Waals surface area contributed by atoms with Crippen LogP contribution in [0.25, 0.3) is 21.9 Å². The monoisotopic (exact) mass is 289 g/mol. The van der Waals surface area contributed by atoms with Crippen molar-refractivity contribution in [3.05, 3.63) is 42.5 Å². The Morgan fingerprint density at radius 2 is 1.59 bits per heavy atom. The molecule has 1 N–H and O–H groups in total. The van der Waals surface area contributed by atoms with Crippen LogP contribution in [0.3, 0.4) is 0 Å². The number of hydrogen-bond donors (Lipinski definition) is 1. The summed E-state index contributed by atoms with van der Waals surface area (Å²) in [6.07, 6.45) is 4.46. The third-order valence-electron chi connectivity index (χ3n) is 6.60. The molecule has 4 bridgehead atoms. The number of para-hydroxylation sites is 1. The molecule has 0 radical (unpaired) electrons. The average molecular weight is 289 g/mol. The maximum absolute atomic E-state index is 5.93. The maximum atomic E-state index is 5.93. The molecular weight excluding hydrogens is 270 g/mol. The largest absolute Gasteiger partial charge is 0.456 e. The first-order chi connectivity index (χ1) is 10.9. The number of hydrogen-bond acceptors (Lipinski definition) is 2. The molecule has 0 spiro atoms. The number of nitrogens with one attached hydrogen (secondary N) is 1. The van der Waals surface area contributed by atoms with Crippen LogP contribution < -0.4 is 5.32 Å². The summed E-state index contributed by atoms with van der Waals surface area (Å²) < 4.78 is 5.93. The lowest BCUT2D eigenvalue weighted by Crippen LogP contribution is -2.28. The van der Waals surface area contributed by atoms with Gasteiger partial charge in [-0.1, -0.05) is 18.2 Å². The van der Waals surface area contributed by atoms with Gasteiger partial charge in [0.1, 0.15) is 11.2 Å². The molecule has 4 aliphatic carbocycles. The number of furan rings is 1. The first-order valence-electron chi connectivity index (χ1n) is 8.55. The van der Waals surface area contributed by atoms with Gasteiger partial charge in [0.25, 0.3) is 0 Å². The molecular formula is C20H19NO. The van der Waals surface area contributed by atoms with E-state index in [0.717, 1.165) is 40.9 Å². The van der Waals surface area contributed by atoms with Gasteiger partial charge in [0, 0.05) is 22.5 Å². The SMILES string of the molecule is c1ccc2c(c1)oc1ccc(NC3C4CC5CC4CC53)cc12. The molecule has 0 aliphatic heterocycles. The van der Waals surface area contributed by atoms with E-state index in [-0.39, 0.29) is 0 Å². The predicted molar refractivity (Wildman–Crippen MR) is 88.9 cm³/mol. The predicted octanol–water partition coefficient (Wildman–Crippen LogP) is 5.04. The van der Waals surface area contributed by atoms with E-state index in [2.05, 4.69) is 35.6 Å². The van der Waals surface area contributed by atoms with Gasteiger partial charge in [-0.05, 0) is 67.2 Å². The zero-order chi connectivity index (χ0) is 14.3. The summed E-state index contributed by atoms with van der Waals surface area (Å²) in [7, 11) is 0. The molecule has 4 aliphatic rings. The van der Waals surface area contributed by atoms with Crippen molar-refractivity contribution in [3.8, 4) is 0 Å². The van der Waals surface area contributed by atoms with Crippen molar-refractivity contribution in [2.24, 2.45) is 23.7 Å². The van der Waals surface area contributed by atoms with E-state index >= 15 is 0 Å². The summed E-state index contributed by atoms with van der Waals surface area (Å²) in [5.41, 5.74) is 3.24. The van der Waals surface area contributed by atoms with Gasteiger partial charge in [-0.3, -0.25) is 0 Å². The third-order valence-corrected chi connectivity index (χ3v) is 6.60. The third kappa shape index (κ3) is 1.36. The highest BCUT2D eigenvalue weighted by Gasteiger charge is 2.59. The van der Waals surface area contributed by atoms with E-state index in [1.54, 1.807) is 0 Å². The van der Waals surface area contributed by atoms with Gasteiger partial charge in [0.05, 0.1) is 0 Å². The van der Waals surface area contributed by atoms with E-state index in [1.165, 1.54) is 35.7 Å². The molecule has 110 valence electrons. The summed E-state index contributed by atoms with van der Waals surface area (Å²) >= 11 is 0. The molecule has 2 heteroatoms. The van der Waals surface area contributed by atoms with Crippen molar-refractivity contribution in [1.82, 2.24) is 0 Å². The quantitative estimate of drug-likeness (QED) is 0.714. The zero-order valence-corrected chi connectivity index (χ0v) is 12.5. The van der Waals surface area contributed by atoms with Crippen LogP contribution in [0.2, 0.25) is 0 Å². The second-order valence-corrected chi connectivity index (χ2v) is 7.53. The van der Waals surface area contributed by atoms with E-state index in [4.69, 9.17) is 4.42 Å². The topological polar surface area (TPSA) is 25.2 Å². The lowest BCUT2D eigenvalue weighted by Gasteiger charge is -2.23. The van der Waals surface area contributed by atoms with Crippen LogP contribution >= 0.6 is 0 Å². The van der Waals surface area contributed by atoms with Crippen LogP contribution in [0.15, 0.2) is 46.9 Å². The highest BCUT2D eigenvalue weighted by Crippen LogP contribution is 2.63. The number of fused-ring (bicyclic) bond motifs is 3. The van der Waals surface area contributed by atoms with Gasteiger partial charge < -0.3 is 9.73 Å². The molecule has 3 aromatic rings. The fraction of sp³-hybridized carbons (Fsp3) is 0.400. The van der Waals surface area contributed by atoms with Gasteiger partial charge in [0.2, 0.25) is 0 Å². The first-order valence-corrected chi connectivity index (χ1v) is 8.55. The fourth-order valence-corrected chi connectivity index (χ4v) is 5.78. The Kier molecular flexibility index (Phi) is 2.04. The Morgan fingerprint density at radius 3 is 2.41 bits per heavy atom. The van der Waals surface area contributed by atoms with Crippen molar-refractivity contribution in [1.29, 1.82) is 0 Å². The van der Waals surface area contributed by atoms with Crippen molar-refractivity contribution in [2.75, 3.05) is 5.32 Å². The Morgan fingerprint density at radius 1 is 0.818 bits per heavy atom. The maximum Gasteiger partial charge on any atom is 0.135 e. The lowest BCUT2D eigenvalue weighted by atomic mass is 9.95. The highest BCUT2D eigenvalue weighted by molar-refractivity contribution is 6.05. The summed E-state index contributed by atoms with van der Waals surface area (Å²) in [5, 5.41) is 6.32. The van der Waals surface area contributed by atoms with Crippen LogP contribution in [0.5, 0.6) is 0 Å². The van der Waals surface area contributed by atoms with Crippen LogP contribution in [-0.2, 0) is 0 Å². The molecule has 7 rings (SSSR count). The summed E-state index contributed by atoms with van der Waals surface area (Å²) in [5.74, 6) is 3.91. The standard InChI is InChI=1S/C20H19NO/c1-2-4-18-14(3-1)17-10-13(5-6-19(17)22-18)21-20-15-8-11-7-12(15)9-16(11)20/h1-6,10-12,15-16,20-21H,7-9H2. The van der Waals surface area contributed by atoms with Gasteiger partial charge in [-0.2, -0.15) is 0 Å². The van der Waals surface area contributed by atoms with Crippen molar-refractivity contribution >= 4 is 27.6 Å². The van der Waals surface area contributed by atoms with Crippen LogP contribution in [0.4, 0.5) is 5.69 Å². The van der Waals surface area contributed by atoms with Gasteiger partial charge >= 0.3 is 0 Å². The molecule has 4 unspecified atom stereocenters. The molecule has 2 aromatic carbocycles. The summed E-state index contributed by atoms with van der Waals surface area (Å²) in [6, 6.07) is 15.6. The van der Waals surface area contributed by atoms with E-state index in [1.807, 2.05) is 12.1 Å². The number of anilines is 1. The Labute approximate surface area is 129 Å². The van der Waals surface area contributed by atoms with Crippen molar-refractivity contribution in [2.45, 2.75) is 25.3 Å². The highest BCUT2D eigenvalue weighted by atomic mass is 16.3. The second-order valence-electron chi connectivity index (χ2n) is 7.53. The van der Waals surface area contributed by atoms with E-state index < -0.39 is 0 Å².